The number of aryl methyl sites for hydroxylation is 3. The van der Waals surface area contributed by atoms with Crippen molar-refractivity contribution < 1.29 is 19.1 Å². The summed E-state index contributed by atoms with van der Waals surface area (Å²) >= 11 is 6.27. The van der Waals surface area contributed by atoms with E-state index < -0.39 is 17.7 Å². The number of amides is 1. The molecule has 30 heavy (non-hydrogen) atoms. The number of aliphatic hydroxyl groups is 1. The number of halogens is 1. The van der Waals surface area contributed by atoms with Crippen LogP contribution in [0.25, 0.3) is 5.76 Å². The fourth-order valence-corrected chi connectivity index (χ4v) is 3.86. The Labute approximate surface area is 179 Å². The number of hydrogen-bond donors (Lipinski definition) is 1. The molecule has 1 amide bonds. The number of nitrogens with zero attached hydrogens (tertiary/aromatic N) is 1. The first kappa shape index (κ1) is 20.0. The largest absolute Gasteiger partial charge is 0.507 e. The Morgan fingerprint density at radius 2 is 1.77 bits per heavy atom. The Bertz CT molecular complexity index is 1190. The molecule has 6 heteroatoms. The number of hydrogen-bond acceptors (Lipinski definition) is 4. The van der Waals surface area contributed by atoms with Crippen molar-refractivity contribution in [3.05, 3.63) is 93.4 Å². The molecule has 1 aliphatic rings. The summed E-state index contributed by atoms with van der Waals surface area (Å²) in [6, 6.07) is 13.2. The van der Waals surface area contributed by atoms with Gasteiger partial charge in [0.25, 0.3) is 11.7 Å². The van der Waals surface area contributed by atoms with Gasteiger partial charge in [-0.15, -0.1) is 0 Å². The molecule has 1 atom stereocenters. The van der Waals surface area contributed by atoms with E-state index in [1.165, 1.54) is 11.2 Å². The van der Waals surface area contributed by atoms with Crippen LogP contribution in [0.4, 0.5) is 5.69 Å². The lowest BCUT2D eigenvalue weighted by Gasteiger charge is -2.24. The number of Topliss-reactive ketones (excluding diaryl/α,β-unsaturated/α-hetero) is 1. The molecule has 2 heterocycles. The summed E-state index contributed by atoms with van der Waals surface area (Å²) in [6.45, 7) is 5.59. The van der Waals surface area contributed by atoms with Gasteiger partial charge in [0, 0.05) is 16.3 Å². The molecule has 0 radical (unpaired) electrons. The number of rotatable bonds is 3. The van der Waals surface area contributed by atoms with Crippen LogP contribution in [-0.2, 0) is 9.59 Å². The van der Waals surface area contributed by atoms with Gasteiger partial charge >= 0.3 is 0 Å². The van der Waals surface area contributed by atoms with E-state index in [0.717, 1.165) is 16.7 Å². The molecule has 1 N–H and O–H groups in total. The lowest BCUT2D eigenvalue weighted by Crippen LogP contribution is -2.29. The van der Waals surface area contributed by atoms with E-state index in [2.05, 4.69) is 0 Å². The van der Waals surface area contributed by atoms with Gasteiger partial charge in [0.15, 0.2) is 0 Å². The number of carbonyl (C=O) groups excluding carboxylic acids is 2. The van der Waals surface area contributed by atoms with E-state index in [1.807, 2.05) is 32.9 Å². The van der Waals surface area contributed by atoms with Crippen molar-refractivity contribution in [3.63, 3.8) is 0 Å². The van der Waals surface area contributed by atoms with Crippen molar-refractivity contribution in [3.8, 4) is 0 Å². The van der Waals surface area contributed by atoms with Crippen molar-refractivity contribution in [2.45, 2.75) is 26.8 Å². The molecular formula is C24H20ClNO4. The molecule has 2 aromatic carbocycles. The third-order valence-corrected chi connectivity index (χ3v) is 5.75. The SMILES string of the molecule is Cc1ccc(C)c(/C(O)=C2/C(=O)C(=O)N(c3ccc(C)c(Cl)c3)C2c2ccco2)c1. The summed E-state index contributed by atoms with van der Waals surface area (Å²) in [5, 5.41) is 11.6. The Morgan fingerprint density at radius 1 is 1.03 bits per heavy atom. The Morgan fingerprint density at radius 3 is 2.43 bits per heavy atom. The maximum Gasteiger partial charge on any atom is 0.300 e. The fraction of sp³-hybridized carbons (Fsp3) is 0.167. The number of aliphatic hydroxyl groups excluding tert-OH is 1. The van der Waals surface area contributed by atoms with Gasteiger partial charge in [0.05, 0.1) is 11.8 Å². The van der Waals surface area contributed by atoms with Gasteiger partial charge in [-0.05, 0) is 62.2 Å². The summed E-state index contributed by atoms with van der Waals surface area (Å²) < 4.78 is 5.57. The van der Waals surface area contributed by atoms with E-state index in [0.29, 0.717) is 22.0 Å². The lowest BCUT2D eigenvalue weighted by molar-refractivity contribution is -0.132. The van der Waals surface area contributed by atoms with Crippen LogP contribution in [0, 0.1) is 20.8 Å². The van der Waals surface area contributed by atoms with Gasteiger partial charge in [-0.25, -0.2) is 0 Å². The van der Waals surface area contributed by atoms with Crippen molar-refractivity contribution in [1.29, 1.82) is 0 Å². The van der Waals surface area contributed by atoms with E-state index in [-0.39, 0.29) is 11.3 Å². The van der Waals surface area contributed by atoms with Gasteiger partial charge in [-0.2, -0.15) is 0 Å². The van der Waals surface area contributed by atoms with Crippen LogP contribution < -0.4 is 4.90 Å². The molecule has 3 aromatic rings. The molecule has 1 aromatic heterocycles. The van der Waals surface area contributed by atoms with Crippen molar-refractivity contribution in [1.82, 2.24) is 0 Å². The number of furan rings is 1. The van der Waals surface area contributed by atoms with Crippen LogP contribution in [-0.4, -0.2) is 16.8 Å². The maximum atomic E-state index is 13.1. The smallest absolute Gasteiger partial charge is 0.300 e. The third-order valence-electron chi connectivity index (χ3n) is 5.34. The summed E-state index contributed by atoms with van der Waals surface area (Å²) in [5.41, 5.74) is 3.51. The van der Waals surface area contributed by atoms with E-state index in [1.54, 1.807) is 36.4 Å². The third kappa shape index (κ3) is 3.21. The predicted molar refractivity (Wildman–Crippen MR) is 116 cm³/mol. The Balaban J connectivity index is 1.96. The van der Waals surface area contributed by atoms with Crippen LogP contribution in [0.1, 0.15) is 34.1 Å². The topological polar surface area (TPSA) is 70.8 Å². The molecule has 4 rings (SSSR count). The maximum absolute atomic E-state index is 13.1. The average Bonchev–Trinajstić information content (AvgIpc) is 3.33. The predicted octanol–water partition coefficient (Wildman–Crippen LogP) is 5.48. The number of carbonyl (C=O) groups is 2. The highest BCUT2D eigenvalue weighted by Gasteiger charge is 2.48. The van der Waals surface area contributed by atoms with Gasteiger partial charge in [0.1, 0.15) is 17.6 Å². The zero-order valence-corrected chi connectivity index (χ0v) is 17.5. The van der Waals surface area contributed by atoms with Gasteiger partial charge < -0.3 is 9.52 Å². The zero-order chi connectivity index (χ0) is 21.6. The zero-order valence-electron chi connectivity index (χ0n) is 16.8. The van der Waals surface area contributed by atoms with Gasteiger partial charge in [0.2, 0.25) is 0 Å². The standard InChI is InChI=1S/C24H20ClNO4/c1-13-6-7-14(2)17(11-13)22(27)20-21(19-5-4-10-30-19)26(24(29)23(20)28)16-9-8-15(3)18(25)12-16/h4-12,21,27H,1-3H3/b22-20-. The normalized spacial score (nSPS) is 18.3. The Kier molecular flexibility index (Phi) is 5.00. The van der Waals surface area contributed by atoms with Crippen LogP contribution in [0.2, 0.25) is 5.02 Å². The monoisotopic (exact) mass is 421 g/mol. The first-order valence-electron chi connectivity index (χ1n) is 9.47. The number of benzene rings is 2. The van der Waals surface area contributed by atoms with Crippen LogP contribution in [0.15, 0.2) is 64.8 Å². The van der Waals surface area contributed by atoms with Crippen LogP contribution in [0.5, 0.6) is 0 Å². The number of ketones is 1. The minimum atomic E-state index is -0.904. The highest BCUT2D eigenvalue weighted by Crippen LogP contribution is 2.43. The molecule has 1 fully saturated rings. The second kappa shape index (κ2) is 7.50. The average molecular weight is 422 g/mol. The first-order chi connectivity index (χ1) is 14.3. The molecule has 0 aliphatic carbocycles. The van der Waals surface area contributed by atoms with Crippen molar-refractivity contribution in [2.75, 3.05) is 4.90 Å². The van der Waals surface area contributed by atoms with E-state index in [9.17, 15) is 14.7 Å². The molecule has 1 saturated heterocycles. The first-order valence-corrected chi connectivity index (χ1v) is 9.85. The molecule has 1 aliphatic heterocycles. The fourth-order valence-electron chi connectivity index (χ4n) is 3.68. The second-order valence-electron chi connectivity index (χ2n) is 7.44. The van der Waals surface area contributed by atoms with Gasteiger partial charge in [-0.3, -0.25) is 14.5 Å². The molecular weight excluding hydrogens is 402 g/mol. The summed E-state index contributed by atoms with van der Waals surface area (Å²) in [4.78, 5) is 27.4. The summed E-state index contributed by atoms with van der Waals surface area (Å²) in [6.07, 6.45) is 1.47. The lowest BCUT2D eigenvalue weighted by atomic mass is 9.96. The molecule has 5 nitrogen and oxygen atoms in total. The minimum absolute atomic E-state index is 0.0136. The summed E-state index contributed by atoms with van der Waals surface area (Å²) in [5.74, 6) is -1.37. The highest BCUT2D eigenvalue weighted by atomic mass is 35.5. The van der Waals surface area contributed by atoms with Gasteiger partial charge in [-0.1, -0.05) is 35.4 Å². The van der Waals surface area contributed by atoms with E-state index >= 15 is 0 Å². The molecule has 152 valence electrons. The quantitative estimate of drug-likeness (QED) is 0.345. The molecule has 0 saturated carbocycles. The Hall–Kier alpha value is -3.31. The number of anilines is 1. The van der Waals surface area contributed by atoms with Crippen molar-refractivity contribution in [2.24, 2.45) is 0 Å². The molecule has 0 spiro atoms. The van der Waals surface area contributed by atoms with Crippen LogP contribution >= 0.6 is 11.6 Å². The summed E-state index contributed by atoms with van der Waals surface area (Å²) in [7, 11) is 0. The highest BCUT2D eigenvalue weighted by molar-refractivity contribution is 6.51. The minimum Gasteiger partial charge on any atom is -0.507 e. The van der Waals surface area contributed by atoms with Crippen molar-refractivity contribution >= 4 is 34.7 Å². The molecule has 0 bridgehead atoms. The molecule has 1 unspecified atom stereocenters. The van der Waals surface area contributed by atoms with E-state index in [4.69, 9.17) is 16.0 Å². The van der Waals surface area contributed by atoms with Crippen LogP contribution in [0.3, 0.4) is 0 Å². The second-order valence-corrected chi connectivity index (χ2v) is 7.84.